The summed E-state index contributed by atoms with van der Waals surface area (Å²) in [6.07, 6.45) is 8.29. The smallest absolute Gasteiger partial charge is 0.173 e. The van der Waals surface area contributed by atoms with Crippen molar-refractivity contribution in [1.29, 1.82) is 0 Å². The van der Waals surface area contributed by atoms with Gasteiger partial charge in [0.25, 0.3) is 0 Å². The molecule has 0 bridgehead atoms. The van der Waals surface area contributed by atoms with Gasteiger partial charge in [-0.25, -0.2) is 15.0 Å². The predicted octanol–water partition coefficient (Wildman–Crippen LogP) is 2.46. The molecule has 0 atom stereocenters. The highest BCUT2D eigenvalue weighted by atomic mass is 32.1. The van der Waals surface area contributed by atoms with Crippen LogP contribution in [0, 0.1) is 0 Å². The highest BCUT2D eigenvalue weighted by Crippen LogP contribution is 2.20. The largest absolute Gasteiger partial charge is 0.292 e. The molecule has 4 heterocycles. The van der Waals surface area contributed by atoms with Crippen LogP contribution >= 0.6 is 11.3 Å². The number of rotatable bonds is 3. The molecule has 0 spiro atoms. The van der Waals surface area contributed by atoms with E-state index < -0.39 is 0 Å². The lowest BCUT2D eigenvalue weighted by Gasteiger charge is -2.27. The molecular formula is C16H19N5S. The van der Waals surface area contributed by atoms with Gasteiger partial charge in [0, 0.05) is 49.4 Å². The third-order valence-corrected chi connectivity index (χ3v) is 5.00. The highest BCUT2D eigenvalue weighted by molar-refractivity contribution is 7.09. The van der Waals surface area contributed by atoms with Crippen LogP contribution in [0.1, 0.15) is 41.4 Å². The molecule has 0 aliphatic carbocycles. The van der Waals surface area contributed by atoms with Gasteiger partial charge in [0.15, 0.2) is 5.82 Å². The topological polar surface area (TPSA) is 54.3 Å². The summed E-state index contributed by atoms with van der Waals surface area (Å²) in [5.74, 6) is 0.854. The van der Waals surface area contributed by atoms with Gasteiger partial charge >= 0.3 is 0 Å². The SMILES string of the molecule is c1csc(CN2CCc3nc(C4=NCCCC4)ncc3C2)n1. The zero-order valence-electron chi connectivity index (χ0n) is 12.5. The van der Waals surface area contributed by atoms with Crippen LogP contribution in [-0.2, 0) is 19.5 Å². The van der Waals surface area contributed by atoms with Crippen molar-refractivity contribution >= 4 is 17.0 Å². The number of fused-ring (bicyclic) bond motifs is 1. The molecule has 0 saturated carbocycles. The standard InChI is InChI=1S/C16H19N5S/c1-2-5-17-14(3-1)16-19-9-12-10-21(7-4-13(12)20-16)11-15-18-6-8-22-15/h6,8-9H,1-5,7,10-11H2. The summed E-state index contributed by atoms with van der Waals surface area (Å²) in [7, 11) is 0. The van der Waals surface area contributed by atoms with Gasteiger partial charge in [0.2, 0.25) is 0 Å². The van der Waals surface area contributed by atoms with E-state index in [4.69, 9.17) is 4.98 Å². The number of aromatic nitrogens is 3. The van der Waals surface area contributed by atoms with Crippen molar-refractivity contribution in [1.82, 2.24) is 19.9 Å². The average molecular weight is 313 g/mol. The predicted molar refractivity (Wildman–Crippen MR) is 87.2 cm³/mol. The number of hydrogen-bond acceptors (Lipinski definition) is 6. The number of thiazole rings is 1. The van der Waals surface area contributed by atoms with Crippen LogP contribution in [0.2, 0.25) is 0 Å². The Morgan fingerprint density at radius 3 is 3.00 bits per heavy atom. The Morgan fingerprint density at radius 2 is 2.18 bits per heavy atom. The number of aliphatic imine (C=N–C) groups is 1. The fourth-order valence-corrected chi connectivity index (χ4v) is 3.71. The first-order valence-electron chi connectivity index (χ1n) is 7.88. The molecule has 0 amide bonds. The Labute approximate surface area is 134 Å². The Morgan fingerprint density at radius 1 is 1.18 bits per heavy atom. The molecule has 0 aromatic carbocycles. The first kappa shape index (κ1) is 14.0. The molecule has 114 valence electrons. The first-order chi connectivity index (χ1) is 10.9. The summed E-state index contributed by atoms with van der Waals surface area (Å²) in [5, 5.41) is 3.21. The van der Waals surface area contributed by atoms with E-state index in [0.29, 0.717) is 0 Å². The number of nitrogens with zero attached hydrogens (tertiary/aromatic N) is 5. The van der Waals surface area contributed by atoms with Gasteiger partial charge in [-0.1, -0.05) is 0 Å². The van der Waals surface area contributed by atoms with Gasteiger partial charge in [-0.15, -0.1) is 11.3 Å². The Kier molecular flexibility index (Phi) is 3.95. The van der Waals surface area contributed by atoms with Gasteiger partial charge < -0.3 is 0 Å². The Bertz CT molecular complexity index is 680. The quantitative estimate of drug-likeness (QED) is 0.873. The molecule has 22 heavy (non-hydrogen) atoms. The lowest BCUT2D eigenvalue weighted by atomic mass is 10.1. The molecule has 0 fully saturated rings. The van der Waals surface area contributed by atoms with Crippen LogP contribution in [0.25, 0.3) is 0 Å². The Balaban J connectivity index is 1.50. The maximum absolute atomic E-state index is 4.79. The van der Waals surface area contributed by atoms with E-state index in [1.807, 2.05) is 17.8 Å². The third-order valence-electron chi connectivity index (χ3n) is 4.24. The second kappa shape index (κ2) is 6.22. The van der Waals surface area contributed by atoms with E-state index in [1.165, 1.54) is 29.1 Å². The third kappa shape index (κ3) is 2.94. The minimum atomic E-state index is 0.854. The van der Waals surface area contributed by atoms with Crippen molar-refractivity contribution in [3.63, 3.8) is 0 Å². The zero-order valence-corrected chi connectivity index (χ0v) is 13.3. The van der Waals surface area contributed by atoms with Gasteiger partial charge in [-0.05, 0) is 19.3 Å². The molecule has 0 unspecified atom stereocenters. The number of hydrogen-bond donors (Lipinski definition) is 0. The zero-order chi connectivity index (χ0) is 14.8. The molecule has 2 aliphatic rings. The van der Waals surface area contributed by atoms with Crippen molar-refractivity contribution in [2.75, 3.05) is 13.1 Å². The molecule has 6 heteroatoms. The highest BCUT2D eigenvalue weighted by Gasteiger charge is 2.20. The van der Waals surface area contributed by atoms with Crippen LogP contribution in [0.5, 0.6) is 0 Å². The monoisotopic (exact) mass is 313 g/mol. The van der Waals surface area contributed by atoms with E-state index in [9.17, 15) is 0 Å². The minimum absolute atomic E-state index is 0.854. The summed E-state index contributed by atoms with van der Waals surface area (Å²) < 4.78 is 0. The maximum atomic E-state index is 4.79. The van der Waals surface area contributed by atoms with E-state index in [1.54, 1.807) is 11.3 Å². The molecule has 0 N–H and O–H groups in total. The maximum Gasteiger partial charge on any atom is 0.173 e. The second-order valence-corrected chi connectivity index (χ2v) is 6.82. The van der Waals surface area contributed by atoms with Gasteiger partial charge in [-0.2, -0.15) is 0 Å². The summed E-state index contributed by atoms with van der Waals surface area (Å²) in [6, 6.07) is 0. The molecular weight excluding hydrogens is 294 g/mol. The first-order valence-corrected chi connectivity index (χ1v) is 8.76. The van der Waals surface area contributed by atoms with Crippen LogP contribution in [-0.4, -0.2) is 38.7 Å². The lowest BCUT2D eigenvalue weighted by Crippen LogP contribution is -2.31. The van der Waals surface area contributed by atoms with Crippen molar-refractivity contribution in [2.24, 2.45) is 4.99 Å². The van der Waals surface area contributed by atoms with Crippen LogP contribution in [0.4, 0.5) is 0 Å². The second-order valence-electron chi connectivity index (χ2n) is 5.84. The summed E-state index contributed by atoms with van der Waals surface area (Å²) in [6.45, 7) is 3.81. The molecule has 2 aromatic rings. The molecule has 5 nitrogen and oxygen atoms in total. The van der Waals surface area contributed by atoms with Gasteiger partial charge in [-0.3, -0.25) is 9.89 Å². The van der Waals surface area contributed by atoms with Crippen molar-refractivity contribution < 1.29 is 0 Å². The van der Waals surface area contributed by atoms with E-state index in [-0.39, 0.29) is 0 Å². The van der Waals surface area contributed by atoms with Crippen molar-refractivity contribution in [3.8, 4) is 0 Å². The van der Waals surface area contributed by atoms with Gasteiger partial charge in [0.05, 0.1) is 18.0 Å². The van der Waals surface area contributed by atoms with Crippen LogP contribution < -0.4 is 0 Å². The summed E-state index contributed by atoms with van der Waals surface area (Å²) in [4.78, 5) is 20.7. The molecule has 0 radical (unpaired) electrons. The van der Waals surface area contributed by atoms with Crippen LogP contribution in [0.15, 0.2) is 22.8 Å². The summed E-state index contributed by atoms with van der Waals surface area (Å²) >= 11 is 1.72. The molecule has 2 aromatic heterocycles. The Hall–Kier alpha value is -1.66. The van der Waals surface area contributed by atoms with E-state index in [0.717, 1.165) is 50.6 Å². The minimum Gasteiger partial charge on any atom is -0.292 e. The van der Waals surface area contributed by atoms with Crippen molar-refractivity contribution in [3.05, 3.63) is 39.9 Å². The molecule has 2 aliphatic heterocycles. The average Bonchev–Trinajstić information content (AvgIpc) is 3.08. The molecule has 0 saturated heterocycles. The van der Waals surface area contributed by atoms with Gasteiger partial charge in [0.1, 0.15) is 5.01 Å². The fourth-order valence-electron chi connectivity index (χ4n) is 3.05. The normalized spacial score (nSPS) is 18.8. The fraction of sp³-hybridized carbons (Fsp3) is 0.500. The van der Waals surface area contributed by atoms with E-state index in [2.05, 4.69) is 19.9 Å². The summed E-state index contributed by atoms with van der Waals surface area (Å²) in [5.41, 5.74) is 3.55. The molecule has 4 rings (SSSR count). The lowest BCUT2D eigenvalue weighted by molar-refractivity contribution is 0.242. The van der Waals surface area contributed by atoms with Crippen molar-refractivity contribution in [2.45, 2.75) is 38.8 Å². The van der Waals surface area contributed by atoms with Crippen LogP contribution in [0.3, 0.4) is 0 Å². The van der Waals surface area contributed by atoms with E-state index >= 15 is 0 Å².